The summed E-state index contributed by atoms with van der Waals surface area (Å²) in [6.07, 6.45) is 0. The molecule has 0 amide bonds. The van der Waals surface area contributed by atoms with Crippen molar-refractivity contribution in [2.75, 3.05) is 0 Å². The quantitative estimate of drug-likeness (QED) is 0.723. The Morgan fingerprint density at radius 3 is 2.71 bits per heavy atom. The van der Waals surface area contributed by atoms with Gasteiger partial charge < -0.3 is 0 Å². The van der Waals surface area contributed by atoms with Crippen LogP contribution in [0.5, 0.6) is 0 Å². The fourth-order valence-electron chi connectivity index (χ4n) is 1.25. The summed E-state index contributed by atoms with van der Waals surface area (Å²) in [6, 6.07) is 5.75. The maximum absolute atomic E-state index is 5.92. The minimum absolute atomic E-state index is 0.555. The molecule has 0 radical (unpaired) electrons. The first-order valence-corrected chi connectivity index (χ1v) is 5.68. The summed E-state index contributed by atoms with van der Waals surface area (Å²) in [5.41, 5.74) is 3.08. The fourth-order valence-corrected chi connectivity index (χ4v) is 2.18. The second-order valence-corrected chi connectivity index (χ2v) is 4.82. The standard InChI is InChI=1S/C10H7Cl2NS/c1-6-2-3-7(11)4-8(6)9-5-14-10(12)13-9/h2-5H,1H3. The summed E-state index contributed by atoms with van der Waals surface area (Å²) in [6.45, 7) is 2.03. The lowest BCUT2D eigenvalue weighted by Gasteiger charge is -2.02. The molecular formula is C10H7Cl2NS. The number of halogens is 2. The third-order valence-corrected chi connectivity index (χ3v) is 3.17. The van der Waals surface area contributed by atoms with E-state index >= 15 is 0 Å². The minimum atomic E-state index is 0.555. The Morgan fingerprint density at radius 2 is 2.07 bits per heavy atom. The maximum atomic E-state index is 5.92. The molecule has 1 heterocycles. The molecule has 0 fully saturated rings. The predicted molar refractivity (Wildman–Crippen MR) is 62.3 cm³/mol. The van der Waals surface area contributed by atoms with Crippen LogP contribution in [0, 0.1) is 6.92 Å². The van der Waals surface area contributed by atoms with E-state index in [9.17, 15) is 0 Å². The van der Waals surface area contributed by atoms with Crippen molar-refractivity contribution in [1.29, 1.82) is 0 Å². The number of benzene rings is 1. The first-order chi connectivity index (χ1) is 6.66. The van der Waals surface area contributed by atoms with E-state index in [1.165, 1.54) is 11.3 Å². The maximum Gasteiger partial charge on any atom is 0.184 e. The highest BCUT2D eigenvalue weighted by molar-refractivity contribution is 7.14. The topological polar surface area (TPSA) is 12.9 Å². The summed E-state index contributed by atoms with van der Waals surface area (Å²) in [4.78, 5) is 4.21. The molecule has 0 unspecified atom stereocenters. The first-order valence-electron chi connectivity index (χ1n) is 4.04. The molecule has 1 aromatic carbocycles. The number of thiazole rings is 1. The fraction of sp³-hybridized carbons (Fsp3) is 0.100. The molecule has 0 saturated heterocycles. The Morgan fingerprint density at radius 1 is 1.29 bits per heavy atom. The Hall–Kier alpha value is -0.570. The van der Waals surface area contributed by atoms with Crippen molar-refractivity contribution in [2.24, 2.45) is 0 Å². The van der Waals surface area contributed by atoms with Crippen molar-refractivity contribution < 1.29 is 0 Å². The molecule has 0 N–H and O–H groups in total. The van der Waals surface area contributed by atoms with Crippen LogP contribution in [-0.2, 0) is 0 Å². The number of aromatic nitrogens is 1. The number of hydrogen-bond acceptors (Lipinski definition) is 2. The van der Waals surface area contributed by atoms with Crippen LogP contribution in [0.15, 0.2) is 23.6 Å². The average molecular weight is 244 g/mol. The van der Waals surface area contributed by atoms with Gasteiger partial charge in [0.2, 0.25) is 0 Å². The molecule has 1 nitrogen and oxygen atoms in total. The first kappa shape index (κ1) is 9.97. The zero-order valence-corrected chi connectivity index (χ0v) is 9.75. The van der Waals surface area contributed by atoms with E-state index < -0.39 is 0 Å². The lowest BCUT2D eigenvalue weighted by molar-refractivity contribution is 1.37. The predicted octanol–water partition coefficient (Wildman–Crippen LogP) is 4.43. The molecule has 0 atom stereocenters. The Balaban J connectivity index is 2.55. The van der Waals surface area contributed by atoms with Crippen molar-refractivity contribution >= 4 is 34.5 Å². The van der Waals surface area contributed by atoms with Crippen LogP contribution in [0.1, 0.15) is 5.56 Å². The summed E-state index contributed by atoms with van der Waals surface area (Å²) in [5, 5.41) is 2.65. The van der Waals surface area contributed by atoms with Crippen LogP contribution < -0.4 is 0 Å². The second kappa shape index (κ2) is 3.89. The molecule has 0 bridgehead atoms. The number of nitrogens with zero attached hydrogens (tertiary/aromatic N) is 1. The molecule has 0 aliphatic rings. The zero-order chi connectivity index (χ0) is 10.1. The van der Waals surface area contributed by atoms with Crippen LogP contribution in [0.4, 0.5) is 0 Å². The number of rotatable bonds is 1. The summed E-state index contributed by atoms with van der Waals surface area (Å²) < 4.78 is 0.555. The van der Waals surface area contributed by atoms with Gasteiger partial charge in [0, 0.05) is 16.0 Å². The Kier molecular flexibility index (Phi) is 2.77. The van der Waals surface area contributed by atoms with Crippen molar-refractivity contribution in [1.82, 2.24) is 4.98 Å². The van der Waals surface area contributed by atoms with Gasteiger partial charge >= 0.3 is 0 Å². The molecule has 1 aromatic heterocycles. The molecule has 4 heteroatoms. The van der Waals surface area contributed by atoms with Gasteiger partial charge in [-0.15, -0.1) is 11.3 Å². The van der Waals surface area contributed by atoms with Gasteiger partial charge in [0.25, 0.3) is 0 Å². The second-order valence-electron chi connectivity index (χ2n) is 2.94. The van der Waals surface area contributed by atoms with Gasteiger partial charge in [-0.3, -0.25) is 0 Å². The van der Waals surface area contributed by atoms with E-state index in [1.807, 2.05) is 30.5 Å². The van der Waals surface area contributed by atoms with E-state index in [1.54, 1.807) is 0 Å². The van der Waals surface area contributed by atoms with E-state index in [0.29, 0.717) is 4.47 Å². The summed E-state index contributed by atoms with van der Waals surface area (Å²) in [7, 11) is 0. The lowest BCUT2D eigenvalue weighted by atomic mass is 10.1. The molecule has 0 spiro atoms. The average Bonchev–Trinajstić information content (AvgIpc) is 2.56. The molecule has 14 heavy (non-hydrogen) atoms. The molecule has 72 valence electrons. The molecule has 2 rings (SSSR count). The van der Waals surface area contributed by atoms with Gasteiger partial charge in [-0.2, -0.15) is 0 Å². The Labute approximate surface area is 96.3 Å². The highest BCUT2D eigenvalue weighted by Crippen LogP contribution is 2.29. The van der Waals surface area contributed by atoms with Gasteiger partial charge in [-0.1, -0.05) is 29.3 Å². The van der Waals surface area contributed by atoms with Crippen LogP contribution in [0.3, 0.4) is 0 Å². The van der Waals surface area contributed by atoms with Crippen molar-refractivity contribution in [3.63, 3.8) is 0 Å². The molecule has 0 aliphatic carbocycles. The van der Waals surface area contributed by atoms with Crippen LogP contribution in [0.2, 0.25) is 9.49 Å². The summed E-state index contributed by atoms with van der Waals surface area (Å²) >= 11 is 13.1. The van der Waals surface area contributed by atoms with E-state index in [-0.39, 0.29) is 0 Å². The largest absolute Gasteiger partial charge is 0.225 e. The van der Waals surface area contributed by atoms with E-state index in [2.05, 4.69) is 4.98 Å². The monoisotopic (exact) mass is 243 g/mol. The lowest BCUT2D eigenvalue weighted by Crippen LogP contribution is -1.82. The van der Waals surface area contributed by atoms with Gasteiger partial charge in [0.1, 0.15) is 0 Å². The van der Waals surface area contributed by atoms with Gasteiger partial charge in [-0.05, 0) is 24.6 Å². The normalized spacial score (nSPS) is 10.5. The third kappa shape index (κ3) is 1.92. The highest BCUT2D eigenvalue weighted by atomic mass is 35.5. The van der Waals surface area contributed by atoms with Crippen LogP contribution >= 0.6 is 34.5 Å². The molecule has 0 saturated carbocycles. The van der Waals surface area contributed by atoms with Gasteiger partial charge in [-0.25, -0.2) is 4.98 Å². The molecule has 2 aromatic rings. The number of aryl methyl sites for hydroxylation is 1. The highest BCUT2D eigenvalue weighted by Gasteiger charge is 2.06. The Bertz CT molecular complexity index is 465. The van der Waals surface area contributed by atoms with Crippen LogP contribution in [0.25, 0.3) is 11.3 Å². The number of hydrogen-bond donors (Lipinski definition) is 0. The van der Waals surface area contributed by atoms with Crippen molar-refractivity contribution in [3.05, 3.63) is 38.6 Å². The van der Waals surface area contributed by atoms with Crippen molar-refractivity contribution in [2.45, 2.75) is 6.92 Å². The zero-order valence-electron chi connectivity index (χ0n) is 7.42. The summed E-state index contributed by atoms with van der Waals surface area (Å²) in [5.74, 6) is 0. The van der Waals surface area contributed by atoms with Crippen molar-refractivity contribution in [3.8, 4) is 11.3 Å². The third-order valence-electron chi connectivity index (χ3n) is 1.95. The smallest absolute Gasteiger partial charge is 0.184 e. The van der Waals surface area contributed by atoms with Crippen LogP contribution in [-0.4, -0.2) is 4.98 Å². The van der Waals surface area contributed by atoms with Gasteiger partial charge in [0.05, 0.1) is 5.69 Å². The van der Waals surface area contributed by atoms with E-state index in [0.717, 1.165) is 21.8 Å². The molecular weight excluding hydrogens is 237 g/mol. The SMILES string of the molecule is Cc1ccc(Cl)cc1-c1csc(Cl)n1. The van der Waals surface area contributed by atoms with E-state index in [4.69, 9.17) is 23.2 Å². The molecule has 0 aliphatic heterocycles. The minimum Gasteiger partial charge on any atom is -0.225 e. The van der Waals surface area contributed by atoms with Gasteiger partial charge in [0.15, 0.2) is 4.47 Å².